The van der Waals surface area contributed by atoms with Crippen LogP contribution in [0.1, 0.15) is 36.4 Å². The summed E-state index contributed by atoms with van der Waals surface area (Å²) >= 11 is 0. The molecule has 0 aliphatic carbocycles. The Morgan fingerprint density at radius 2 is 2.14 bits per heavy atom. The maximum absolute atomic E-state index is 3.48. The van der Waals surface area contributed by atoms with Gasteiger partial charge in [-0.1, -0.05) is 24.3 Å². The van der Waals surface area contributed by atoms with Gasteiger partial charge in [0.1, 0.15) is 0 Å². The topological polar surface area (TPSA) is 18.5 Å². The van der Waals surface area contributed by atoms with Crippen LogP contribution in [0.15, 0.2) is 24.3 Å². The minimum absolute atomic E-state index is 0.454. The molecule has 0 amide bonds. The number of nitrogens with one attached hydrogen (secondary N) is 1. The Labute approximate surface area is 130 Å². The average molecular weight is 289 g/mol. The first kappa shape index (κ1) is 16.5. The van der Waals surface area contributed by atoms with E-state index in [2.05, 4.69) is 67.4 Å². The van der Waals surface area contributed by atoms with Crippen molar-refractivity contribution >= 4 is 0 Å². The smallest absolute Gasteiger partial charge is 0.0332 e. The van der Waals surface area contributed by atoms with E-state index in [4.69, 9.17) is 0 Å². The van der Waals surface area contributed by atoms with Crippen LogP contribution >= 0.6 is 0 Å². The van der Waals surface area contributed by atoms with Crippen molar-refractivity contribution in [3.63, 3.8) is 0 Å². The van der Waals surface area contributed by atoms with Crippen LogP contribution in [-0.2, 0) is 0 Å². The fourth-order valence-electron chi connectivity index (χ4n) is 3.44. The molecule has 118 valence electrons. The molecular formula is C18H31N3. The van der Waals surface area contributed by atoms with Crippen molar-refractivity contribution in [2.45, 2.75) is 38.3 Å². The molecule has 1 aromatic carbocycles. The molecule has 1 heterocycles. The molecule has 21 heavy (non-hydrogen) atoms. The fourth-order valence-corrected chi connectivity index (χ4v) is 3.44. The van der Waals surface area contributed by atoms with Crippen LogP contribution in [0.2, 0.25) is 0 Å². The molecule has 2 atom stereocenters. The van der Waals surface area contributed by atoms with Crippen LogP contribution in [0.5, 0.6) is 0 Å². The highest BCUT2D eigenvalue weighted by Crippen LogP contribution is 2.21. The molecule has 0 aromatic heterocycles. The second-order valence-corrected chi connectivity index (χ2v) is 6.53. The number of likely N-dealkylation sites (N-methyl/N-ethyl adjacent to an activating group) is 2. The van der Waals surface area contributed by atoms with Crippen molar-refractivity contribution in [3.05, 3.63) is 35.4 Å². The minimum atomic E-state index is 0.454. The van der Waals surface area contributed by atoms with Crippen molar-refractivity contribution in [1.82, 2.24) is 15.1 Å². The van der Waals surface area contributed by atoms with Gasteiger partial charge in [-0.25, -0.2) is 0 Å². The summed E-state index contributed by atoms with van der Waals surface area (Å²) < 4.78 is 0. The molecule has 2 unspecified atom stereocenters. The van der Waals surface area contributed by atoms with Gasteiger partial charge in [-0.05, 0) is 71.5 Å². The highest BCUT2D eigenvalue weighted by atomic mass is 15.2. The lowest BCUT2D eigenvalue weighted by molar-refractivity contribution is 0.214. The number of hydrogen-bond donors (Lipinski definition) is 1. The van der Waals surface area contributed by atoms with Gasteiger partial charge >= 0.3 is 0 Å². The number of likely N-dealkylation sites (tertiary alicyclic amines) is 1. The van der Waals surface area contributed by atoms with Gasteiger partial charge in [0.05, 0.1) is 0 Å². The van der Waals surface area contributed by atoms with E-state index < -0.39 is 0 Å². The fraction of sp³-hybridized carbons (Fsp3) is 0.667. The van der Waals surface area contributed by atoms with Gasteiger partial charge in [0.15, 0.2) is 0 Å². The number of hydrogen-bond acceptors (Lipinski definition) is 3. The van der Waals surface area contributed by atoms with Crippen molar-refractivity contribution in [3.8, 4) is 0 Å². The monoisotopic (exact) mass is 289 g/mol. The third-order valence-electron chi connectivity index (χ3n) is 4.91. The summed E-state index contributed by atoms with van der Waals surface area (Å²) in [6.07, 6.45) is 3.87. The van der Waals surface area contributed by atoms with Gasteiger partial charge in [0.2, 0.25) is 0 Å². The van der Waals surface area contributed by atoms with E-state index in [1.54, 1.807) is 0 Å². The lowest BCUT2D eigenvalue weighted by atomic mass is 9.99. The molecule has 1 N–H and O–H groups in total. The molecule has 1 aliphatic rings. The number of aryl methyl sites for hydroxylation is 1. The summed E-state index contributed by atoms with van der Waals surface area (Å²) in [6, 6.07) is 9.92. The van der Waals surface area contributed by atoms with E-state index in [9.17, 15) is 0 Å². The summed E-state index contributed by atoms with van der Waals surface area (Å²) in [5.41, 5.74) is 2.82. The lowest BCUT2D eigenvalue weighted by Gasteiger charge is -2.27. The molecule has 3 nitrogen and oxygen atoms in total. The van der Waals surface area contributed by atoms with Gasteiger partial charge in [-0.15, -0.1) is 0 Å². The van der Waals surface area contributed by atoms with Gasteiger partial charge in [-0.3, -0.25) is 0 Å². The highest BCUT2D eigenvalue weighted by Gasteiger charge is 2.22. The zero-order valence-electron chi connectivity index (χ0n) is 14.1. The molecule has 1 saturated heterocycles. The van der Waals surface area contributed by atoms with Crippen LogP contribution in [0.25, 0.3) is 0 Å². The van der Waals surface area contributed by atoms with Crippen LogP contribution in [0.3, 0.4) is 0 Å². The molecular weight excluding hydrogens is 258 g/mol. The first-order valence-electron chi connectivity index (χ1n) is 8.23. The molecule has 1 aromatic rings. The second-order valence-electron chi connectivity index (χ2n) is 6.53. The number of benzene rings is 1. The molecule has 2 rings (SSSR count). The Hall–Kier alpha value is -0.900. The van der Waals surface area contributed by atoms with E-state index in [0.29, 0.717) is 6.04 Å². The zero-order chi connectivity index (χ0) is 15.2. The molecule has 0 bridgehead atoms. The first-order chi connectivity index (χ1) is 10.1. The van der Waals surface area contributed by atoms with Gasteiger partial charge in [0.25, 0.3) is 0 Å². The first-order valence-corrected chi connectivity index (χ1v) is 8.23. The molecule has 0 spiro atoms. The molecule has 1 aliphatic heterocycles. The largest absolute Gasteiger partial charge is 0.313 e. The SMILES string of the molecule is CNC(CCN(C)CC1CCCN1C)c1ccccc1C. The third-order valence-corrected chi connectivity index (χ3v) is 4.91. The van der Waals surface area contributed by atoms with E-state index in [1.165, 1.54) is 37.1 Å². The van der Waals surface area contributed by atoms with Crippen LogP contribution in [0.4, 0.5) is 0 Å². The summed E-state index contributed by atoms with van der Waals surface area (Å²) in [4.78, 5) is 5.00. The standard InChI is InChI=1S/C18H31N3/c1-15-8-5-6-10-17(15)18(19-2)11-13-20(3)14-16-9-7-12-21(16)4/h5-6,8,10,16,18-19H,7,9,11-14H2,1-4H3. The summed E-state index contributed by atoms with van der Waals surface area (Å²) in [6.45, 7) is 5.81. The lowest BCUT2D eigenvalue weighted by Crippen LogP contribution is -2.37. The molecule has 0 saturated carbocycles. The quantitative estimate of drug-likeness (QED) is 0.832. The summed E-state index contributed by atoms with van der Waals surface area (Å²) in [5, 5.41) is 3.48. The number of rotatable bonds is 7. The van der Waals surface area contributed by atoms with Crippen molar-refractivity contribution in [2.24, 2.45) is 0 Å². The van der Waals surface area contributed by atoms with E-state index in [0.717, 1.165) is 19.0 Å². The molecule has 0 radical (unpaired) electrons. The van der Waals surface area contributed by atoms with Crippen LogP contribution < -0.4 is 5.32 Å². The summed E-state index contributed by atoms with van der Waals surface area (Å²) in [7, 11) is 6.59. The predicted molar refractivity (Wildman–Crippen MR) is 90.7 cm³/mol. The molecule has 3 heteroatoms. The Kier molecular flexibility index (Phi) is 6.22. The van der Waals surface area contributed by atoms with Gasteiger partial charge < -0.3 is 15.1 Å². The third kappa shape index (κ3) is 4.53. The summed E-state index contributed by atoms with van der Waals surface area (Å²) in [5.74, 6) is 0. The zero-order valence-corrected chi connectivity index (χ0v) is 14.1. The normalized spacial score (nSPS) is 21.1. The van der Waals surface area contributed by atoms with E-state index >= 15 is 0 Å². The van der Waals surface area contributed by atoms with Crippen molar-refractivity contribution in [1.29, 1.82) is 0 Å². The Morgan fingerprint density at radius 1 is 1.38 bits per heavy atom. The van der Waals surface area contributed by atoms with Gasteiger partial charge in [0, 0.05) is 18.6 Å². The van der Waals surface area contributed by atoms with Crippen molar-refractivity contribution < 1.29 is 0 Å². The van der Waals surface area contributed by atoms with E-state index in [1.807, 2.05) is 0 Å². The maximum atomic E-state index is 3.48. The van der Waals surface area contributed by atoms with Gasteiger partial charge in [-0.2, -0.15) is 0 Å². The Bertz CT molecular complexity index is 432. The average Bonchev–Trinajstić information content (AvgIpc) is 2.86. The Balaban J connectivity index is 1.84. The van der Waals surface area contributed by atoms with Crippen LogP contribution in [0, 0.1) is 6.92 Å². The second kappa shape index (κ2) is 7.92. The minimum Gasteiger partial charge on any atom is -0.313 e. The highest BCUT2D eigenvalue weighted by molar-refractivity contribution is 5.28. The van der Waals surface area contributed by atoms with Crippen molar-refractivity contribution in [2.75, 3.05) is 40.8 Å². The van der Waals surface area contributed by atoms with Crippen LogP contribution in [-0.4, -0.2) is 56.6 Å². The molecule has 1 fully saturated rings. The number of nitrogens with zero attached hydrogens (tertiary/aromatic N) is 2. The Morgan fingerprint density at radius 3 is 2.76 bits per heavy atom. The maximum Gasteiger partial charge on any atom is 0.0332 e. The predicted octanol–water partition coefficient (Wildman–Crippen LogP) is 2.67. The van der Waals surface area contributed by atoms with E-state index in [-0.39, 0.29) is 0 Å².